The molecule has 112 valence electrons. The number of benzene rings is 2. The first kappa shape index (κ1) is 15.8. The van der Waals surface area contributed by atoms with Gasteiger partial charge in [-0.05, 0) is 48.2 Å². The summed E-state index contributed by atoms with van der Waals surface area (Å²) >= 11 is 5.72. The minimum atomic E-state index is -0.634. The van der Waals surface area contributed by atoms with E-state index in [1.165, 1.54) is 24.3 Å². The number of rotatable bonds is 5. The van der Waals surface area contributed by atoms with Gasteiger partial charge in [-0.15, -0.1) is 0 Å². The lowest BCUT2D eigenvalue weighted by molar-refractivity contribution is 0.515. The molecule has 0 aliphatic rings. The summed E-state index contributed by atoms with van der Waals surface area (Å²) in [6.45, 7) is 0. The maximum absolute atomic E-state index is 13.2. The van der Waals surface area contributed by atoms with Crippen molar-refractivity contribution in [2.75, 3.05) is 0 Å². The Labute approximate surface area is 125 Å². The van der Waals surface area contributed by atoms with E-state index in [2.05, 4.69) is 5.43 Å². The maximum atomic E-state index is 13.2. The van der Waals surface area contributed by atoms with E-state index in [9.17, 15) is 13.2 Å². The van der Waals surface area contributed by atoms with Gasteiger partial charge in [0.15, 0.2) is 0 Å². The average molecular weight is 315 g/mol. The van der Waals surface area contributed by atoms with Gasteiger partial charge < -0.3 is 0 Å². The molecule has 0 bridgehead atoms. The third-order valence-corrected chi connectivity index (χ3v) is 3.40. The van der Waals surface area contributed by atoms with Crippen molar-refractivity contribution in [3.63, 3.8) is 0 Å². The van der Waals surface area contributed by atoms with Crippen LogP contribution in [-0.4, -0.2) is 6.04 Å². The van der Waals surface area contributed by atoms with Gasteiger partial charge in [-0.25, -0.2) is 13.2 Å². The summed E-state index contributed by atoms with van der Waals surface area (Å²) in [6.07, 6.45) is 0.787. The Kier molecular flexibility index (Phi) is 5.22. The second-order valence-electron chi connectivity index (χ2n) is 4.80. The molecule has 1 atom stereocenters. The van der Waals surface area contributed by atoms with E-state index in [-0.39, 0.29) is 11.1 Å². The predicted octanol–water partition coefficient (Wildman–Crippen LogP) is 3.37. The van der Waals surface area contributed by atoms with Crippen molar-refractivity contribution in [2.24, 2.45) is 5.84 Å². The van der Waals surface area contributed by atoms with E-state index in [0.29, 0.717) is 18.4 Å². The Morgan fingerprint density at radius 1 is 0.952 bits per heavy atom. The number of hydrogen-bond donors (Lipinski definition) is 2. The van der Waals surface area contributed by atoms with E-state index in [4.69, 9.17) is 17.4 Å². The molecule has 2 aromatic carbocycles. The fraction of sp³-hybridized carbons (Fsp3) is 0.200. The molecule has 0 fully saturated rings. The van der Waals surface area contributed by atoms with Crippen LogP contribution >= 0.6 is 11.6 Å². The predicted molar refractivity (Wildman–Crippen MR) is 76.3 cm³/mol. The van der Waals surface area contributed by atoms with Gasteiger partial charge in [-0.2, -0.15) is 0 Å². The summed E-state index contributed by atoms with van der Waals surface area (Å²) in [5.74, 6) is 3.71. The summed E-state index contributed by atoms with van der Waals surface area (Å²) < 4.78 is 39.4. The summed E-state index contributed by atoms with van der Waals surface area (Å²) in [4.78, 5) is 0. The first-order chi connectivity index (χ1) is 9.97. The fourth-order valence-corrected chi connectivity index (χ4v) is 2.36. The van der Waals surface area contributed by atoms with Gasteiger partial charge >= 0.3 is 0 Å². The lowest BCUT2D eigenvalue weighted by Crippen LogP contribution is -2.38. The Balaban J connectivity index is 2.10. The van der Waals surface area contributed by atoms with Crippen molar-refractivity contribution in [2.45, 2.75) is 18.9 Å². The van der Waals surface area contributed by atoms with Crippen molar-refractivity contribution in [3.05, 3.63) is 70.0 Å². The Bertz CT molecular complexity index is 614. The van der Waals surface area contributed by atoms with E-state index >= 15 is 0 Å². The molecule has 21 heavy (non-hydrogen) atoms. The molecule has 0 aliphatic carbocycles. The lowest BCUT2D eigenvalue weighted by Gasteiger charge is -2.16. The number of hydrazine groups is 1. The second kappa shape index (κ2) is 6.93. The highest BCUT2D eigenvalue weighted by molar-refractivity contribution is 6.30. The quantitative estimate of drug-likeness (QED) is 0.656. The Morgan fingerprint density at radius 3 is 2.14 bits per heavy atom. The highest BCUT2D eigenvalue weighted by atomic mass is 35.5. The highest BCUT2D eigenvalue weighted by Gasteiger charge is 2.12. The van der Waals surface area contributed by atoms with Crippen LogP contribution in [0.25, 0.3) is 0 Å². The van der Waals surface area contributed by atoms with Gasteiger partial charge in [0.2, 0.25) is 0 Å². The molecular weight excluding hydrogens is 301 g/mol. The highest BCUT2D eigenvalue weighted by Crippen LogP contribution is 2.18. The maximum Gasteiger partial charge on any atom is 0.141 e. The van der Waals surface area contributed by atoms with Crippen LogP contribution in [0.1, 0.15) is 11.1 Å². The zero-order valence-electron chi connectivity index (χ0n) is 11.0. The Morgan fingerprint density at radius 2 is 1.57 bits per heavy atom. The molecule has 0 saturated heterocycles. The van der Waals surface area contributed by atoms with Crippen LogP contribution in [0, 0.1) is 17.5 Å². The van der Waals surface area contributed by atoms with Crippen molar-refractivity contribution >= 4 is 11.6 Å². The summed E-state index contributed by atoms with van der Waals surface area (Å²) in [7, 11) is 0. The van der Waals surface area contributed by atoms with Gasteiger partial charge in [0.1, 0.15) is 17.5 Å². The molecule has 0 spiro atoms. The zero-order chi connectivity index (χ0) is 15.4. The molecule has 2 rings (SSSR count). The van der Waals surface area contributed by atoms with E-state index in [0.717, 1.165) is 11.6 Å². The largest absolute Gasteiger partial charge is 0.271 e. The van der Waals surface area contributed by atoms with Crippen LogP contribution in [0.5, 0.6) is 0 Å². The van der Waals surface area contributed by atoms with Crippen molar-refractivity contribution < 1.29 is 13.2 Å². The van der Waals surface area contributed by atoms with Crippen LogP contribution in [0.3, 0.4) is 0 Å². The van der Waals surface area contributed by atoms with E-state index in [1.807, 2.05) is 0 Å². The zero-order valence-corrected chi connectivity index (χ0v) is 11.8. The van der Waals surface area contributed by atoms with Crippen LogP contribution in [0.4, 0.5) is 13.2 Å². The Hall–Kier alpha value is -1.56. The summed E-state index contributed by atoms with van der Waals surface area (Å²) in [5.41, 5.74) is 3.86. The molecule has 0 saturated carbocycles. The molecule has 1 unspecified atom stereocenters. The number of nitrogens with one attached hydrogen (secondary N) is 1. The molecule has 0 radical (unpaired) electrons. The normalized spacial score (nSPS) is 12.4. The van der Waals surface area contributed by atoms with Crippen LogP contribution in [0.15, 0.2) is 36.4 Å². The molecular formula is C15H14ClF3N2. The minimum Gasteiger partial charge on any atom is -0.271 e. The third-order valence-electron chi connectivity index (χ3n) is 3.11. The second-order valence-corrected chi connectivity index (χ2v) is 5.21. The molecule has 2 nitrogen and oxygen atoms in total. The molecule has 0 amide bonds. The van der Waals surface area contributed by atoms with Gasteiger partial charge in [-0.1, -0.05) is 17.7 Å². The summed E-state index contributed by atoms with van der Waals surface area (Å²) in [6, 6.07) is 7.44. The average Bonchev–Trinajstić information content (AvgIpc) is 2.41. The molecule has 0 aromatic heterocycles. The standard InChI is InChI=1S/C15H14ClF3N2/c16-14-7-9(1-2-15(14)19)5-13(21-20)6-10-3-11(17)8-12(18)4-10/h1-4,7-8,13,21H,5-6,20H2. The minimum absolute atomic E-state index is 0.0278. The van der Waals surface area contributed by atoms with E-state index < -0.39 is 17.5 Å². The SMILES string of the molecule is NNC(Cc1cc(F)cc(F)c1)Cc1ccc(F)c(Cl)c1. The molecule has 0 aliphatic heterocycles. The van der Waals surface area contributed by atoms with Gasteiger partial charge in [0.25, 0.3) is 0 Å². The monoisotopic (exact) mass is 314 g/mol. The number of nitrogens with two attached hydrogens (primary N) is 1. The molecule has 0 heterocycles. The van der Waals surface area contributed by atoms with Crippen LogP contribution < -0.4 is 11.3 Å². The fourth-order valence-electron chi connectivity index (χ4n) is 2.15. The van der Waals surface area contributed by atoms with Crippen LogP contribution in [-0.2, 0) is 12.8 Å². The van der Waals surface area contributed by atoms with Gasteiger partial charge in [0.05, 0.1) is 5.02 Å². The topological polar surface area (TPSA) is 38.0 Å². The first-order valence-corrected chi connectivity index (χ1v) is 6.70. The number of hydrogen-bond acceptors (Lipinski definition) is 2. The van der Waals surface area contributed by atoms with Gasteiger partial charge in [-0.3, -0.25) is 11.3 Å². The summed E-state index contributed by atoms with van der Waals surface area (Å²) in [5, 5.41) is 0.0278. The smallest absolute Gasteiger partial charge is 0.141 e. The first-order valence-electron chi connectivity index (χ1n) is 6.33. The molecule has 6 heteroatoms. The molecule has 2 aromatic rings. The lowest BCUT2D eigenvalue weighted by atomic mass is 9.99. The number of halogens is 4. The van der Waals surface area contributed by atoms with Crippen molar-refractivity contribution in [1.82, 2.24) is 5.43 Å². The van der Waals surface area contributed by atoms with E-state index in [1.54, 1.807) is 6.07 Å². The van der Waals surface area contributed by atoms with Crippen molar-refractivity contribution in [1.29, 1.82) is 0 Å². The molecule has 3 N–H and O–H groups in total. The van der Waals surface area contributed by atoms with Crippen molar-refractivity contribution in [3.8, 4) is 0 Å². The van der Waals surface area contributed by atoms with Gasteiger partial charge in [0, 0.05) is 12.1 Å². The third kappa shape index (κ3) is 4.46. The van der Waals surface area contributed by atoms with Crippen LogP contribution in [0.2, 0.25) is 5.02 Å².